The first-order valence-corrected chi connectivity index (χ1v) is 10.9. The molecule has 2 aromatic carbocycles. The summed E-state index contributed by atoms with van der Waals surface area (Å²) in [5, 5.41) is 4.90. The van der Waals surface area contributed by atoms with E-state index >= 15 is 0 Å². The molecule has 2 amide bonds. The number of rotatable bonds is 5. The minimum Gasteiger partial charge on any atom is -0.497 e. The minimum atomic E-state index is -0.473. The van der Waals surface area contributed by atoms with Crippen LogP contribution in [0.2, 0.25) is 0 Å². The van der Waals surface area contributed by atoms with Crippen molar-refractivity contribution in [1.29, 1.82) is 0 Å². The van der Waals surface area contributed by atoms with Gasteiger partial charge in [-0.2, -0.15) is 0 Å². The molecule has 0 radical (unpaired) electrons. The number of hydrogen-bond acceptors (Lipinski definition) is 5. The molecule has 1 aliphatic heterocycles. The van der Waals surface area contributed by atoms with E-state index in [0.717, 1.165) is 10.4 Å². The Balaban J connectivity index is 1.46. The third kappa shape index (κ3) is 4.76. The summed E-state index contributed by atoms with van der Waals surface area (Å²) in [7, 11) is 3.11. The highest BCUT2D eigenvalue weighted by atomic mass is 32.1. The van der Waals surface area contributed by atoms with Crippen molar-refractivity contribution >= 4 is 34.5 Å². The zero-order valence-corrected chi connectivity index (χ0v) is 18.6. The van der Waals surface area contributed by atoms with Gasteiger partial charge in [0, 0.05) is 30.3 Å². The van der Waals surface area contributed by atoms with Crippen LogP contribution < -0.4 is 19.7 Å². The normalized spacial score (nSPS) is 15.1. The maximum atomic E-state index is 12.9. The van der Waals surface area contributed by atoms with Crippen LogP contribution in [-0.2, 0) is 9.59 Å². The Morgan fingerprint density at radius 2 is 1.97 bits per heavy atom. The molecule has 32 heavy (non-hydrogen) atoms. The smallest absolute Gasteiger partial charge is 0.229 e. The number of ether oxygens (including phenoxy) is 2. The molecule has 1 unspecified atom stereocenters. The summed E-state index contributed by atoms with van der Waals surface area (Å²) in [5.74, 6) is 6.58. The Hall–Kier alpha value is -3.76. The zero-order chi connectivity index (χ0) is 22.5. The van der Waals surface area contributed by atoms with Crippen molar-refractivity contribution in [3.05, 3.63) is 70.4 Å². The molecule has 4 rings (SSSR count). The van der Waals surface area contributed by atoms with E-state index in [-0.39, 0.29) is 24.8 Å². The average Bonchev–Trinajstić information content (AvgIpc) is 3.47. The van der Waals surface area contributed by atoms with Crippen LogP contribution in [0.15, 0.2) is 60.0 Å². The molecule has 162 valence electrons. The third-order valence-corrected chi connectivity index (χ3v) is 5.94. The maximum Gasteiger partial charge on any atom is 0.229 e. The summed E-state index contributed by atoms with van der Waals surface area (Å²) in [6.45, 7) is 0.270. The van der Waals surface area contributed by atoms with Gasteiger partial charge in [-0.25, -0.2) is 0 Å². The Morgan fingerprint density at radius 1 is 1.09 bits per heavy atom. The van der Waals surface area contributed by atoms with E-state index in [0.29, 0.717) is 22.9 Å². The SMILES string of the molecule is COc1ccc(OC)c(N2CC(C(=O)Nc3cccc(C#Cc4cccs4)c3)CC2=O)c1. The highest BCUT2D eigenvalue weighted by Gasteiger charge is 2.36. The van der Waals surface area contributed by atoms with Crippen LogP contribution in [0.5, 0.6) is 11.5 Å². The lowest BCUT2D eigenvalue weighted by Gasteiger charge is -2.20. The fraction of sp³-hybridized carbons (Fsp3) is 0.200. The quantitative estimate of drug-likeness (QED) is 0.598. The van der Waals surface area contributed by atoms with Gasteiger partial charge in [-0.05, 0) is 41.8 Å². The first-order valence-electron chi connectivity index (χ1n) is 10.1. The van der Waals surface area contributed by atoms with Crippen molar-refractivity contribution < 1.29 is 19.1 Å². The van der Waals surface area contributed by atoms with Crippen LogP contribution in [0, 0.1) is 17.8 Å². The molecule has 3 aromatic rings. The molecule has 0 bridgehead atoms. The van der Waals surface area contributed by atoms with E-state index in [4.69, 9.17) is 9.47 Å². The zero-order valence-electron chi connectivity index (χ0n) is 17.8. The maximum absolute atomic E-state index is 12.9. The first kappa shape index (κ1) is 21.5. The van der Waals surface area contributed by atoms with Gasteiger partial charge in [0.05, 0.1) is 30.7 Å². The van der Waals surface area contributed by atoms with Gasteiger partial charge in [0.1, 0.15) is 11.5 Å². The summed E-state index contributed by atoms with van der Waals surface area (Å²) in [4.78, 5) is 28.1. The van der Waals surface area contributed by atoms with Gasteiger partial charge >= 0.3 is 0 Å². The largest absolute Gasteiger partial charge is 0.497 e. The van der Waals surface area contributed by atoms with Gasteiger partial charge in [-0.3, -0.25) is 9.59 Å². The molecule has 1 fully saturated rings. The number of methoxy groups -OCH3 is 2. The topological polar surface area (TPSA) is 67.9 Å². The van der Waals surface area contributed by atoms with E-state index in [9.17, 15) is 9.59 Å². The van der Waals surface area contributed by atoms with Crippen molar-refractivity contribution in [3.8, 4) is 23.3 Å². The second-order valence-electron chi connectivity index (χ2n) is 7.24. The van der Waals surface area contributed by atoms with Crippen LogP contribution in [0.25, 0.3) is 0 Å². The van der Waals surface area contributed by atoms with Gasteiger partial charge in [-0.1, -0.05) is 24.0 Å². The number of amides is 2. The van der Waals surface area contributed by atoms with Gasteiger partial charge in [0.2, 0.25) is 11.8 Å². The van der Waals surface area contributed by atoms with E-state index in [1.165, 1.54) is 0 Å². The highest BCUT2D eigenvalue weighted by Crippen LogP contribution is 2.36. The predicted molar refractivity (Wildman–Crippen MR) is 125 cm³/mol. The minimum absolute atomic E-state index is 0.129. The number of nitrogens with one attached hydrogen (secondary N) is 1. The van der Waals surface area contributed by atoms with Crippen molar-refractivity contribution in [2.24, 2.45) is 5.92 Å². The number of nitrogens with zero attached hydrogens (tertiary/aromatic N) is 1. The Bertz CT molecular complexity index is 1190. The number of carbonyl (C=O) groups excluding carboxylic acids is 2. The lowest BCUT2D eigenvalue weighted by molar-refractivity contribution is -0.122. The fourth-order valence-corrected chi connectivity index (χ4v) is 4.10. The molecule has 1 atom stereocenters. The van der Waals surface area contributed by atoms with Gasteiger partial charge < -0.3 is 19.7 Å². The molecule has 0 spiro atoms. The summed E-state index contributed by atoms with van der Waals surface area (Å²) in [6.07, 6.45) is 0.129. The number of anilines is 2. The van der Waals surface area contributed by atoms with Crippen molar-refractivity contribution in [1.82, 2.24) is 0 Å². The molecule has 1 aromatic heterocycles. The fourth-order valence-electron chi connectivity index (χ4n) is 3.53. The monoisotopic (exact) mass is 446 g/mol. The van der Waals surface area contributed by atoms with E-state index in [1.54, 1.807) is 48.7 Å². The van der Waals surface area contributed by atoms with Crippen LogP contribution >= 0.6 is 11.3 Å². The predicted octanol–water partition coefficient (Wildman–Crippen LogP) is 4.16. The summed E-state index contributed by atoms with van der Waals surface area (Å²) < 4.78 is 10.7. The van der Waals surface area contributed by atoms with Crippen LogP contribution in [0.3, 0.4) is 0 Å². The molecular weight excluding hydrogens is 424 g/mol. The molecule has 1 aliphatic rings. The van der Waals surface area contributed by atoms with Gasteiger partial charge in [-0.15, -0.1) is 11.3 Å². The molecule has 1 saturated heterocycles. The van der Waals surface area contributed by atoms with Crippen LogP contribution in [0.4, 0.5) is 11.4 Å². The molecule has 0 aliphatic carbocycles. The van der Waals surface area contributed by atoms with Crippen molar-refractivity contribution in [2.75, 3.05) is 31.0 Å². The van der Waals surface area contributed by atoms with Gasteiger partial charge in [0.15, 0.2) is 0 Å². The number of thiophene rings is 1. The molecule has 0 saturated carbocycles. The molecule has 2 heterocycles. The van der Waals surface area contributed by atoms with E-state index in [1.807, 2.05) is 41.8 Å². The van der Waals surface area contributed by atoms with Crippen LogP contribution in [-0.4, -0.2) is 32.6 Å². The Labute approximate surface area is 190 Å². The van der Waals surface area contributed by atoms with E-state index in [2.05, 4.69) is 17.2 Å². The lowest BCUT2D eigenvalue weighted by Crippen LogP contribution is -2.28. The number of hydrogen-bond donors (Lipinski definition) is 1. The van der Waals surface area contributed by atoms with E-state index < -0.39 is 5.92 Å². The van der Waals surface area contributed by atoms with Gasteiger partial charge in [0.25, 0.3) is 0 Å². The summed E-state index contributed by atoms with van der Waals surface area (Å²) in [5.41, 5.74) is 2.05. The molecule has 7 heteroatoms. The first-order chi connectivity index (χ1) is 15.6. The second kappa shape index (κ2) is 9.58. The number of benzene rings is 2. The Morgan fingerprint density at radius 3 is 2.72 bits per heavy atom. The molecule has 1 N–H and O–H groups in total. The third-order valence-electron chi connectivity index (χ3n) is 5.15. The van der Waals surface area contributed by atoms with Crippen molar-refractivity contribution in [3.63, 3.8) is 0 Å². The highest BCUT2D eigenvalue weighted by molar-refractivity contribution is 7.10. The van der Waals surface area contributed by atoms with Crippen molar-refractivity contribution in [2.45, 2.75) is 6.42 Å². The summed E-state index contributed by atoms with van der Waals surface area (Å²) in [6, 6.07) is 16.6. The molecular formula is C25H22N2O4S. The standard InChI is InChI=1S/C25H22N2O4S/c1-30-20-9-11-23(31-2)22(15-20)27-16-18(14-24(27)28)25(29)26-19-6-3-5-17(13-19)8-10-21-7-4-12-32-21/h3-7,9,11-13,15,18H,14,16H2,1-2H3,(H,26,29). The Kier molecular flexibility index (Phi) is 6.43. The summed E-state index contributed by atoms with van der Waals surface area (Å²) >= 11 is 1.58. The van der Waals surface area contributed by atoms with Crippen LogP contribution in [0.1, 0.15) is 16.9 Å². The lowest BCUT2D eigenvalue weighted by atomic mass is 10.1. The molecule has 6 nitrogen and oxygen atoms in total. The average molecular weight is 447 g/mol. The number of carbonyl (C=O) groups is 2. The second-order valence-corrected chi connectivity index (χ2v) is 8.19.